The Morgan fingerprint density at radius 3 is 2.41 bits per heavy atom. The minimum absolute atomic E-state index is 0. The predicted octanol–water partition coefficient (Wildman–Crippen LogP) is -0.368. The molecular formula is C9H8N3NaO2S2. The van der Waals surface area contributed by atoms with E-state index in [4.69, 9.17) is 5.73 Å². The Morgan fingerprint density at radius 1 is 1.24 bits per heavy atom. The van der Waals surface area contributed by atoms with E-state index in [1.807, 2.05) is 0 Å². The van der Waals surface area contributed by atoms with Gasteiger partial charge >= 0.3 is 29.6 Å². The first-order valence-electron chi connectivity index (χ1n) is 4.32. The third kappa shape index (κ3) is 3.68. The van der Waals surface area contributed by atoms with Crippen LogP contribution in [0.2, 0.25) is 0 Å². The van der Waals surface area contributed by atoms with Crippen LogP contribution in [0, 0.1) is 0 Å². The second-order valence-electron chi connectivity index (χ2n) is 2.97. The molecule has 0 aliphatic carbocycles. The van der Waals surface area contributed by atoms with Gasteiger partial charge in [-0.2, -0.15) is 0 Å². The van der Waals surface area contributed by atoms with Crippen molar-refractivity contribution in [3.8, 4) is 0 Å². The molecule has 0 atom stereocenters. The maximum absolute atomic E-state index is 11.8. The van der Waals surface area contributed by atoms with Crippen LogP contribution in [0.3, 0.4) is 0 Å². The van der Waals surface area contributed by atoms with E-state index in [1.165, 1.54) is 41.8 Å². The summed E-state index contributed by atoms with van der Waals surface area (Å²) in [6, 6.07) is 5.63. The third-order valence-corrected chi connectivity index (χ3v) is 3.99. The van der Waals surface area contributed by atoms with Crippen molar-refractivity contribution in [2.75, 3.05) is 4.72 Å². The number of hydrogen-bond donors (Lipinski definition) is 1. The van der Waals surface area contributed by atoms with Gasteiger partial charge in [0, 0.05) is 11.6 Å². The molecule has 0 bridgehead atoms. The average Bonchev–Trinajstić information content (AvgIpc) is 2.70. The molecule has 0 saturated carbocycles. The Bertz CT molecular complexity index is 567. The number of sulfonamides is 1. The summed E-state index contributed by atoms with van der Waals surface area (Å²) in [5, 5.41) is 2.01. The summed E-state index contributed by atoms with van der Waals surface area (Å²) in [6.07, 6.45) is 1.52. The van der Waals surface area contributed by atoms with E-state index >= 15 is 0 Å². The summed E-state index contributed by atoms with van der Waals surface area (Å²) in [5.74, 6) is 0. The summed E-state index contributed by atoms with van der Waals surface area (Å²) < 4.78 is 26.0. The van der Waals surface area contributed by atoms with Crippen molar-refractivity contribution in [1.29, 1.82) is 0 Å². The Kier molecular flexibility index (Phi) is 4.96. The number of rotatable bonds is 3. The molecule has 84 valence electrons. The molecule has 1 heterocycles. The molecule has 2 N–H and O–H groups in total. The van der Waals surface area contributed by atoms with Gasteiger partial charge in [0.25, 0.3) is 10.0 Å². The van der Waals surface area contributed by atoms with Crippen LogP contribution in [0.5, 0.6) is 0 Å². The minimum atomic E-state index is -3.59. The number of benzene rings is 1. The van der Waals surface area contributed by atoms with E-state index in [1.54, 1.807) is 5.38 Å². The molecule has 1 aromatic heterocycles. The van der Waals surface area contributed by atoms with Crippen LogP contribution in [0.25, 0.3) is 5.73 Å². The summed E-state index contributed by atoms with van der Waals surface area (Å²) in [5.41, 5.74) is 7.54. The van der Waals surface area contributed by atoms with E-state index in [2.05, 4.69) is 9.71 Å². The van der Waals surface area contributed by atoms with E-state index in [-0.39, 0.29) is 40.1 Å². The minimum Gasteiger partial charge on any atom is -0.699 e. The van der Waals surface area contributed by atoms with E-state index in [9.17, 15) is 8.42 Å². The first-order valence-corrected chi connectivity index (χ1v) is 6.68. The van der Waals surface area contributed by atoms with Gasteiger partial charge in [-0.1, -0.05) is 12.1 Å². The monoisotopic (exact) mass is 277 g/mol. The number of aromatic nitrogens is 1. The first-order chi connectivity index (χ1) is 7.58. The van der Waals surface area contributed by atoms with E-state index in [0.29, 0.717) is 5.13 Å². The Hall–Kier alpha value is -0.600. The van der Waals surface area contributed by atoms with Gasteiger partial charge in [-0.25, -0.2) is 13.4 Å². The van der Waals surface area contributed by atoms with Gasteiger partial charge in [-0.05, 0) is 12.1 Å². The van der Waals surface area contributed by atoms with Gasteiger partial charge in [0.15, 0.2) is 5.13 Å². The molecule has 2 rings (SSSR count). The van der Waals surface area contributed by atoms with Crippen molar-refractivity contribution in [2.45, 2.75) is 4.90 Å². The summed E-state index contributed by atoms with van der Waals surface area (Å²) in [7, 11) is -3.59. The van der Waals surface area contributed by atoms with Gasteiger partial charge < -0.3 is 5.73 Å². The van der Waals surface area contributed by atoms with Crippen LogP contribution in [-0.2, 0) is 10.0 Å². The summed E-state index contributed by atoms with van der Waals surface area (Å²) in [6.45, 7) is 0. The van der Waals surface area contributed by atoms with Crippen LogP contribution >= 0.6 is 11.3 Å². The quantitative estimate of drug-likeness (QED) is 0.777. The maximum atomic E-state index is 11.8. The Balaban J connectivity index is 0.00000144. The molecule has 1 aromatic carbocycles. The fourth-order valence-corrected chi connectivity index (χ4v) is 2.87. The van der Waals surface area contributed by atoms with Crippen molar-refractivity contribution < 1.29 is 38.0 Å². The van der Waals surface area contributed by atoms with Crippen molar-refractivity contribution in [3.63, 3.8) is 0 Å². The molecule has 5 nitrogen and oxygen atoms in total. The summed E-state index contributed by atoms with van der Waals surface area (Å²) >= 11 is 1.21. The number of anilines is 1. The fourth-order valence-electron chi connectivity index (χ4n) is 1.08. The first kappa shape index (κ1) is 14.5. The zero-order valence-corrected chi connectivity index (χ0v) is 12.7. The van der Waals surface area contributed by atoms with Crippen LogP contribution in [0.1, 0.15) is 0 Å². The number of hydrogen-bond acceptors (Lipinski definition) is 4. The molecule has 17 heavy (non-hydrogen) atoms. The Morgan fingerprint density at radius 2 is 1.88 bits per heavy atom. The van der Waals surface area contributed by atoms with Gasteiger partial charge in [-0.3, -0.25) is 4.72 Å². The molecule has 0 amide bonds. The van der Waals surface area contributed by atoms with Crippen LogP contribution in [-0.4, -0.2) is 13.4 Å². The largest absolute Gasteiger partial charge is 1.00 e. The van der Waals surface area contributed by atoms with Gasteiger partial charge in [0.1, 0.15) is 0 Å². The molecule has 0 aliphatic rings. The normalized spacial score (nSPS) is 10.6. The summed E-state index contributed by atoms with van der Waals surface area (Å²) in [4.78, 5) is 3.96. The second kappa shape index (κ2) is 5.83. The SMILES string of the molecule is [NH-]c1ccc(S(=O)(=O)Nc2nccs2)cc1.[Na+]. The number of nitrogens with zero attached hydrogens (tertiary/aromatic N) is 1. The van der Waals surface area contributed by atoms with Gasteiger partial charge in [-0.15, -0.1) is 17.0 Å². The smallest absolute Gasteiger partial charge is 0.699 e. The molecule has 0 radical (unpaired) electrons. The fraction of sp³-hybridized carbons (Fsp3) is 0. The maximum Gasteiger partial charge on any atom is 1.00 e. The molecule has 0 spiro atoms. The molecule has 0 saturated heterocycles. The molecule has 0 aliphatic heterocycles. The topological polar surface area (TPSA) is 82.9 Å². The van der Waals surface area contributed by atoms with Crippen molar-refractivity contribution in [1.82, 2.24) is 4.98 Å². The van der Waals surface area contributed by atoms with E-state index in [0.717, 1.165) is 0 Å². The molecule has 0 fully saturated rings. The van der Waals surface area contributed by atoms with Crippen molar-refractivity contribution in [3.05, 3.63) is 41.6 Å². The predicted molar refractivity (Wildman–Crippen MR) is 63.3 cm³/mol. The number of nitrogens with one attached hydrogen (secondary N) is 2. The standard InChI is InChI=1S/C9H8N3O2S2.Na/c10-7-1-3-8(4-2-7)16(13,14)12-9-11-5-6-15-9;/h1-6,10H,(H,11,12);/q-1;+1. The third-order valence-electron chi connectivity index (χ3n) is 1.82. The average molecular weight is 277 g/mol. The molecule has 0 unspecified atom stereocenters. The van der Waals surface area contributed by atoms with Crippen LogP contribution in [0.4, 0.5) is 10.8 Å². The van der Waals surface area contributed by atoms with Crippen molar-refractivity contribution in [2.24, 2.45) is 0 Å². The zero-order valence-electron chi connectivity index (χ0n) is 9.04. The zero-order chi connectivity index (χ0) is 11.6. The van der Waals surface area contributed by atoms with E-state index < -0.39 is 10.0 Å². The van der Waals surface area contributed by atoms with Crippen LogP contribution < -0.4 is 34.3 Å². The number of thiazole rings is 1. The van der Waals surface area contributed by atoms with Crippen molar-refractivity contribution >= 4 is 32.2 Å². The van der Waals surface area contributed by atoms with Gasteiger partial charge in [0.05, 0.1) is 4.90 Å². The molecule has 8 heteroatoms. The van der Waals surface area contributed by atoms with Gasteiger partial charge in [0.2, 0.25) is 0 Å². The van der Waals surface area contributed by atoms with Crippen LogP contribution in [0.15, 0.2) is 40.7 Å². The molecule has 2 aromatic rings. The molecular weight excluding hydrogens is 269 g/mol. The Labute approximate surface area is 125 Å². The second-order valence-corrected chi connectivity index (χ2v) is 5.54.